The van der Waals surface area contributed by atoms with Gasteiger partial charge in [-0.25, -0.2) is 9.97 Å². The van der Waals surface area contributed by atoms with Gasteiger partial charge in [0, 0.05) is 55.3 Å². The number of H-pyrrole nitrogens is 2. The third kappa shape index (κ3) is 2.40. The molecule has 6 rings (SSSR count). The number of fused-ring (bicyclic) bond motifs is 3. The van der Waals surface area contributed by atoms with Crippen LogP contribution in [0.25, 0.3) is 21.9 Å². The number of hydrogen-bond acceptors (Lipinski definition) is 5. The highest BCUT2D eigenvalue weighted by Gasteiger charge is 2.53. The summed E-state index contributed by atoms with van der Waals surface area (Å²) in [4.78, 5) is 32.6. The second kappa shape index (κ2) is 6.30. The van der Waals surface area contributed by atoms with Gasteiger partial charge in [-0.3, -0.25) is 4.79 Å². The zero-order chi connectivity index (χ0) is 20.3. The average Bonchev–Trinajstić information content (AvgIpc) is 3.54. The first kappa shape index (κ1) is 17.5. The number of para-hydroxylation sites is 1. The second-order valence-electron chi connectivity index (χ2n) is 8.47. The summed E-state index contributed by atoms with van der Waals surface area (Å²) < 4.78 is 0. The van der Waals surface area contributed by atoms with E-state index in [0.717, 1.165) is 34.3 Å². The van der Waals surface area contributed by atoms with E-state index in [4.69, 9.17) is 0 Å². The van der Waals surface area contributed by atoms with Crippen molar-refractivity contribution >= 4 is 33.7 Å². The van der Waals surface area contributed by atoms with Crippen molar-refractivity contribution in [2.75, 3.05) is 37.7 Å². The lowest BCUT2D eigenvalue weighted by atomic mass is 9.82. The quantitative estimate of drug-likeness (QED) is 0.487. The van der Waals surface area contributed by atoms with Gasteiger partial charge < -0.3 is 24.9 Å². The van der Waals surface area contributed by atoms with Crippen LogP contribution >= 0.6 is 0 Å². The predicted molar refractivity (Wildman–Crippen MR) is 113 cm³/mol. The van der Waals surface area contributed by atoms with E-state index in [9.17, 15) is 9.90 Å². The van der Waals surface area contributed by atoms with Crippen molar-refractivity contribution in [1.82, 2.24) is 24.8 Å². The number of aromatic nitrogens is 4. The first-order chi connectivity index (χ1) is 14.7. The molecule has 1 amide bonds. The Balaban J connectivity index is 1.29. The molecule has 30 heavy (non-hydrogen) atoms. The fraction of sp³-hybridized carbons (Fsp3) is 0.318. The summed E-state index contributed by atoms with van der Waals surface area (Å²) in [6, 6.07) is 9.74. The molecule has 2 atom stereocenters. The van der Waals surface area contributed by atoms with Gasteiger partial charge in [-0.2, -0.15) is 0 Å². The number of amides is 1. The van der Waals surface area contributed by atoms with E-state index in [0.29, 0.717) is 25.2 Å². The lowest BCUT2D eigenvalue weighted by Crippen LogP contribution is -2.39. The smallest absolute Gasteiger partial charge is 0.256 e. The minimum absolute atomic E-state index is 0.0203. The molecule has 2 saturated heterocycles. The van der Waals surface area contributed by atoms with Crippen molar-refractivity contribution in [3.63, 3.8) is 0 Å². The Morgan fingerprint density at radius 3 is 2.90 bits per heavy atom. The van der Waals surface area contributed by atoms with Crippen molar-refractivity contribution in [1.29, 1.82) is 0 Å². The maximum atomic E-state index is 13.3. The molecular weight excluding hydrogens is 380 g/mol. The van der Waals surface area contributed by atoms with Crippen molar-refractivity contribution < 1.29 is 9.90 Å². The lowest BCUT2D eigenvalue weighted by Gasteiger charge is -2.28. The average molecular weight is 402 g/mol. The van der Waals surface area contributed by atoms with Crippen LogP contribution in [-0.2, 0) is 0 Å². The standard InChI is InChI=1S/C22H22N6O2/c29-12-22-10-27(20-17-5-7-24-19(17)25-13-26-20)8-15(22)9-28(11-22)21(30)16-3-1-2-14-4-6-23-18(14)16/h1-7,13,15,23,29H,8-12H2,(H,24,25,26)/t15-,22+/m0/s1. The number of aliphatic hydroxyl groups excluding tert-OH is 1. The van der Waals surface area contributed by atoms with Crippen molar-refractivity contribution in [3.05, 3.63) is 54.6 Å². The fourth-order valence-corrected chi connectivity index (χ4v) is 5.26. The number of carbonyl (C=O) groups excluding carboxylic acids is 1. The molecule has 0 spiro atoms. The highest BCUT2D eigenvalue weighted by Crippen LogP contribution is 2.44. The number of aromatic amines is 2. The van der Waals surface area contributed by atoms with Crippen LogP contribution in [0.2, 0.25) is 0 Å². The number of likely N-dealkylation sites (tertiary alicyclic amines) is 1. The van der Waals surface area contributed by atoms with Crippen LogP contribution < -0.4 is 4.90 Å². The normalized spacial score (nSPS) is 23.6. The summed E-state index contributed by atoms with van der Waals surface area (Å²) in [5, 5.41) is 12.4. The molecule has 0 aliphatic carbocycles. The summed E-state index contributed by atoms with van der Waals surface area (Å²) in [7, 11) is 0. The molecule has 3 aromatic heterocycles. The first-order valence-corrected chi connectivity index (χ1v) is 10.2. The Morgan fingerprint density at radius 1 is 1.13 bits per heavy atom. The maximum absolute atomic E-state index is 13.3. The molecule has 0 unspecified atom stereocenters. The van der Waals surface area contributed by atoms with Gasteiger partial charge in [-0.1, -0.05) is 12.1 Å². The van der Waals surface area contributed by atoms with Gasteiger partial charge in [-0.05, 0) is 18.2 Å². The predicted octanol–water partition coefficient (Wildman–Crippen LogP) is 2.01. The Labute approximate surface area is 172 Å². The van der Waals surface area contributed by atoms with Crippen molar-refractivity contribution in [2.45, 2.75) is 0 Å². The Hall–Kier alpha value is -3.39. The van der Waals surface area contributed by atoms with Gasteiger partial charge in [0.15, 0.2) is 0 Å². The van der Waals surface area contributed by atoms with Crippen LogP contribution in [-0.4, -0.2) is 68.6 Å². The number of benzene rings is 1. The molecule has 3 N–H and O–H groups in total. The van der Waals surface area contributed by atoms with E-state index in [1.165, 1.54) is 0 Å². The van der Waals surface area contributed by atoms with Crippen molar-refractivity contribution in [2.24, 2.45) is 11.3 Å². The molecule has 8 nitrogen and oxygen atoms in total. The minimum atomic E-state index is -0.340. The topological polar surface area (TPSA) is 101 Å². The third-order valence-corrected chi connectivity index (χ3v) is 6.81. The van der Waals surface area contributed by atoms with Gasteiger partial charge in [0.25, 0.3) is 5.91 Å². The number of carbonyl (C=O) groups is 1. The molecule has 4 aromatic rings. The van der Waals surface area contributed by atoms with Gasteiger partial charge in [0.2, 0.25) is 0 Å². The van der Waals surface area contributed by atoms with Gasteiger partial charge in [0.1, 0.15) is 17.8 Å². The maximum Gasteiger partial charge on any atom is 0.256 e. The van der Waals surface area contributed by atoms with Gasteiger partial charge >= 0.3 is 0 Å². The van der Waals surface area contributed by atoms with Gasteiger partial charge in [0.05, 0.1) is 23.1 Å². The van der Waals surface area contributed by atoms with Crippen LogP contribution in [0.4, 0.5) is 5.82 Å². The molecule has 8 heteroatoms. The number of hydrogen-bond donors (Lipinski definition) is 3. The number of nitrogens with zero attached hydrogens (tertiary/aromatic N) is 4. The largest absolute Gasteiger partial charge is 0.396 e. The Morgan fingerprint density at radius 2 is 2.03 bits per heavy atom. The second-order valence-corrected chi connectivity index (χ2v) is 8.47. The summed E-state index contributed by atoms with van der Waals surface area (Å²) in [6.45, 7) is 2.65. The molecular formula is C22H22N6O2. The zero-order valence-electron chi connectivity index (χ0n) is 16.4. The zero-order valence-corrected chi connectivity index (χ0v) is 16.4. The highest BCUT2D eigenvalue weighted by molar-refractivity contribution is 6.05. The van der Waals surface area contributed by atoms with E-state index in [2.05, 4.69) is 24.8 Å². The third-order valence-electron chi connectivity index (χ3n) is 6.81. The number of anilines is 1. The van der Waals surface area contributed by atoms with Crippen LogP contribution in [0, 0.1) is 11.3 Å². The number of nitrogens with one attached hydrogen (secondary N) is 2. The minimum Gasteiger partial charge on any atom is -0.396 e. The van der Waals surface area contributed by atoms with E-state index >= 15 is 0 Å². The molecule has 0 saturated carbocycles. The van der Waals surface area contributed by atoms with Gasteiger partial charge in [-0.15, -0.1) is 0 Å². The lowest BCUT2D eigenvalue weighted by molar-refractivity contribution is 0.0750. The molecule has 152 valence electrons. The number of rotatable bonds is 3. The summed E-state index contributed by atoms with van der Waals surface area (Å²) >= 11 is 0. The monoisotopic (exact) mass is 402 g/mol. The summed E-state index contributed by atoms with van der Waals surface area (Å²) in [5.41, 5.74) is 2.03. The Kier molecular flexibility index (Phi) is 3.67. The highest BCUT2D eigenvalue weighted by atomic mass is 16.3. The van der Waals surface area contributed by atoms with E-state index in [1.807, 2.05) is 47.6 Å². The molecule has 1 aromatic carbocycles. The molecule has 0 radical (unpaired) electrons. The molecule has 2 aliphatic rings. The fourth-order valence-electron chi connectivity index (χ4n) is 5.26. The Bertz CT molecular complexity index is 1260. The van der Waals surface area contributed by atoms with Crippen LogP contribution in [0.5, 0.6) is 0 Å². The SMILES string of the molecule is O=C(c1cccc2cc[nH]c12)N1C[C@@H]2CN(c3ncnc4[nH]ccc34)C[C@]2(CO)C1. The van der Waals surface area contributed by atoms with Crippen LogP contribution in [0.15, 0.2) is 49.1 Å². The summed E-state index contributed by atoms with van der Waals surface area (Å²) in [6.07, 6.45) is 5.29. The van der Waals surface area contributed by atoms with E-state index in [1.54, 1.807) is 6.33 Å². The molecule has 0 bridgehead atoms. The van der Waals surface area contributed by atoms with E-state index in [-0.39, 0.29) is 23.8 Å². The summed E-state index contributed by atoms with van der Waals surface area (Å²) in [5.74, 6) is 1.10. The molecule has 2 aliphatic heterocycles. The van der Waals surface area contributed by atoms with Crippen molar-refractivity contribution in [3.8, 4) is 0 Å². The van der Waals surface area contributed by atoms with Crippen LogP contribution in [0.1, 0.15) is 10.4 Å². The first-order valence-electron chi connectivity index (χ1n) is 10.2. The van der Waals surface area contributed by atoms with E-state index < -0.39 is 0 Å². The number of aliphatic hydroxyl groups is 1. The molecule has 2 fully saturated rings. The van der Waals surface area contributed by atoms with Crippen LogP contribution in [0.3, 0.4) is 0 Å². The molecule has 5 heterocycles.